The molecule has 0 aliphatic carbocycles. The zero-order valence-corrected chi connectivity index (χ0v) is 16.7. The highest BCUT2D eigenvalue weighted by atomic mass is 19.2. The van der Waals surface area contributed by atoms with Gasteiger partial charge in [0.15, 0.2) is 11.6 Å². The Hall–Kier alpha value is -4.14. The summed E-state index contributed by atoms with van der Waals surface area (Å²) in [7, 11) is 0. The summed E-state index contributed by atoms with van der Waals surface area (Å²) < 4.78 is 28.4. The van der Waals surface area contributed by atoms with Crippen LogP contribution in [0.5, 0.6) is 0 Å². The minimum Gasteiger partial charge on any atom is -0.326 e. The number of imidazole rings is 1. The van der Waals surface area contributed by atoms with Crippen molar-refractivity contribution in [1.82, 2.24) is 14.5 Å². The quantitative estimate of drug-likeness (QED) is 0.519. The number of carbonyl (C=O) groups excluding carboxylic acids is 2. The number of benzene rings is 2. The van der Waals surface area contributed by atoms with Gasteiger partial charge in [0, 0.05) is 18.0 Å². The largest absolute Gasteiger partial charge is 0.326 e. The first-order valence-electron chi connectivity index (χ1n) is 9.94. The van der Waals surface area contributed by atoms with Gasteiger partial charge >= 0.3 is 0 Å². The van der Waals surface area contributed by atoms with Crippen molar-refractivity contribution in [3.05, 3.63) is 84.2 Å². The number of carbonyl (C=O) groups is 2. The number of anilines is 2. The number of nitrogens with zero attached hydrogens (tertiary/aromatic N) is 4. The van der Waals surface area contributed by atoms with E-state index in [1.165, 1.54) is 11.0 Å². The molecule has 1 aliphatic heterocycles. The molecule has 2 aromatic heterocycles. The van der Waals surface area contributed by atoms with Gasteiger partial charge in [0.1, 0.15) is 6.04 Å². The van der Waals surface area contributed by atoms with Crippen LogP contribution in [-0.4, -0.2) is 26.3 Å². The zero-order chi connectivity index (χ0) is 22.2. The number of nitrogens with one attached hydrogen (secondary N) is 1. The van der Waals surface area contributed by atoms with Crippen molar-refractivity contribution >= 4 is 34.5 Å². The SMILES string of the molecule is O=C(C[C@H]1C(=O)N(Cc2ccccn2)c2nc3ccccc3n21)Nc1ccc(F)c(F)c1. The van der Waals surface area contributed by atoms with Crippen LogP contribution in [0.3, 0.4) is 0 Å². The van der Waals surface area contributed by atoms with Crippen molar-refractivity contribution in [2.24, 2.45) is 0 Å². The third kappa shape index (κ3) is 3.47. The number of fused-ring (bicyclic) bond motifs is 3. The molecule has 0 saturated carbocycles. The molecule has 5 rings (SSSR count). The van der Waals surface area contributed by atoms with Crippen LogP contribution in [0, 0.1) is 11.6 Å². The van der Waals surface area contributed by atoms with E-state index in [9.17, 15) is 18.4 Å². The average molecular weight is 433 g/mol. The minimum atomic E-state index is -1.07. The lowest BCUT2D eigenvalue weighted by Crippen LogP contribution is -2.31. The molecule has 3 heterocycles. The molecule has 2 aromatic carbocycles. The molecule has 9 heteroatoms. The van der Waals surface area contributed by atoms with Crippen molar-refractivity contribution < 1.29 is 18.4 Å². The van der Waals surface area contributed by atoms with Crippen LogP contribution in [0.4, 0.5) is 20.4 Å². The molecular formula is C23H17F2N5O2. The number of rotatable bonds is 5. The van der Waals surface area contributed by atoms with Crippen LogP contribution >= 0.6 is 0 Å². The van der Waals surface area contributed by atoms with Gasteiger partial charge in [-0.3, -0.25) is 24.0 Å². The molecule has 32 heavy (non-hydrogen) atoms. The molecule has 0 unspecified atom stereocenters. The van der Waals surface area contributed by atoms with Gasteiger partial charge in [0.25, 0.3) is 5.91 Å². The van der Waals surface area contributed by atoms with E-state index in [1.807, 2.05) is 36.4 Å². The summed E-state index contributed by atoms with van der Waals surface area (Å²) in [6.45, 7) is 0.213. The van der Waals surface area contributed by atoms with Gasteiger partial charge in [-0.05, 0) is 36.4 Å². The fraction of sp³-hybridized carbons (Fsp3) is 0.130. The Bertz CT molecular complexity index is 1340. The Morgan fingerprint density at radius 2 is 1.84 bits per heavy atom. The van der Waals surface area contributed by atoms with Gasteiger partial charge in [-0.15, -0.1) is 0 Å². The van der Waals surface area contributed by atoms with Gasteiger partial charge in [-0.1, -0.05) is 18.2 Å². The lowest BCUT2D eigenvalue weighted by Gasteiger charge is -2.15. The second-order valence-corrected chi connectivity index (χ2v) is 7.41. The predicted octanol–water partition coefficient (Wildman–Crippen LogP) is 3.83. The number of pyridine rings is 1. The fourth-order valence-electron chi connectivity index (χ4n) is 3.86. The Kier molecular flexibility index (Phi) is 4.85. The van der Waals surface area contributed by atoms with E-state index in [1.54, 1.807) is 16.8 Å². The predicted molar refractivity (Wildman–Crippen MR) is 114 cm³/mol. The highest BCUT2D eigenvalue weighted by Crippen LogP contribution is 2.37. The highest BCUT2D eigenvalue weighted by Gasteiger charge is 2.41. The maximum atomic E-state index is 13.5. The lowest BCUT2D eigenvalue weighted by molar-refractivity contribution is -0.124. The van der Waals surface area contributed by atoms with Crippen LogP contribution in [0.2, 0.25) is 0 Å². The summed E-state index contributed by atoms with van der Waals surface area (Å²) in [6, 6.07) is 15.0. The van der Waals surface area contributed by atoms with Crippen LogP contribution in [0.1, 0.15) is 18.2 Å². The molecule has 0 saturated heterocycles. The lowest BCUT2D eigenvalue weighted by atomic mass is 10.1. The normalized spacial score (nSPS) is 15.2. The molecule has 160 valence electrons. The van der Waals surface area contributed by atoms with E-state index >= 15 is 0 Å². The van der Waals surface area contributed by atoms with Gasteiger partial charge < -0.3 is 5.32 Å². The number of para-hydroxylation sites is 2. The van der Waals surface area contributed by atoms with E-state index in [2.05, 4.69) is 15.3 Å². The smallest absolute Gasteiger partial charge is 0.253 e. The van der Waals surface area contributed by atoms with Crippen molar-refractivity contribution in [1.29, 1.82) is 0 Å². The number of halogens is 2. The maximum absolute atomic E-state index is 13.5. The summed E-state index contributed by atoms with van der Waals surface area (Å²) in [5, 5.41) is 2.53. The summed E-state index contributed by atoms with van der Waals surface area (Å²) in [4.78, 5) is 36.4. The van der Waals surface area contributed by atoms with E-state index < -0.39 is 23.6 Å². The second kappa shape index (κ2) is 7.84. The number of hydrogen-bond acceptors (Lipinski definition) is 4. The second-order valence-electron chi connectivity index (χ2n) is 7.41. The van der Waals surface area contributed by atoms with Gasteiger partial charge in [0.2, 0.25) is 11.9 Å². The summed E-state index contributed by atoms with van der Waals surface area (Å²) >= 11 is 0. The topological polar surface area (TPSA) is 80.1 Å². The van der Waals surface area contributed by atoms with Gasteiger partial charge in [-0.25, -0.2) is 13.8 Å². The van der Waals surface area contributed by atoms with Crippen LogP contribution in [0.25, 0.3) is 11.0 Å². The van der Waals surface area contributed by atoms with Crippen molar-refractivity contribution in [2.45, 2.75) is 19.0 Å². The third-order valence-electron chi connectivity index (χ3n) is 5.31. The van der Waals surface area contributed by atoms with Crippen molar-refractivity contribution in [3.8, 4) is 0 Å². The molecule has 0 radical (unpaired) electrons. The van der Waals surface area contributed by atoms with Gasteiger partial charge in [-0.2, -0.15) is 0 Å². The molecule has 1 N–H and O–H groups in total. The van der Waals surface area contributed by atoms with Gasteiger partial charge in [0.05, 0.1) is 29.7 Å². The minimum absolute atomic E-state index is 0.111. The van der Waals surface area contributed by atoms with Crippen LogP contribution in [0.15, 0.2) is 66.9 Å². The van der Waals surface area contributed by atoms with Crippen molar-refractivity contribution in [2.75, 3.05) is 10.2 Å². The molecule has 2 amide bonds. The number of amides is 2. The molecule has 1 aliphatic rings. The third-order valence-corrected chi connectivity index (χ3v) is 5.31. The van der Waals surface area contributed by atoms with Crippen molar-refractivity contribution in [3.63, 3.8) is 0 Å². The Morgan fingerprint density at radius 3 is 2.62 bits per heavy atom. The first-order chi connectivity index (χ1) is 15.5. The van der Waals surface area contributed by atoms with E-state index in [4.69, 9.17) is 0 Å². The molecule has 4 aromatic rings. The Morgan fingerprint density at radius 1 is 1.03 bits per heavy atom. The van der Waals surface area contributed by atoms with E-state index in [0.29, 0.717) is 17.2 Å². The van der Waals surface area contributed by atoms with Crippen LogP contribution < -0.4 is 10.2 Å². The number of aromatic nitrogens is 3. The first-order valence-corrected chi connectivity index (χ1v) is 9.94. The molecule has 0 fully saturated rings. The van der Waals surface area contributed by atoms with Crippen LogP contribution in [-0.2, 0) is 16.1 Å². The zero-order valence-electron chi connectivity index (χ0n) is 16.7. The molecule has 7 nitrogen and oxygen atoms in total. The fourth-order valence-corrected chi connectivity index (χ4v) is 3.86. The molecule has 1 atom stereocenters. The van der Waals surface area contributed by atoms with E-state index in [-0.39, 0.29) is 24.6 Å². The average Bonchev–Trinajstić information content (AvgIpc) is 3.28. The highest BCUT2D eigenvalue weighted by molar-refractivity contribution is 6.05. The number of hydrogen-bond donors (Lipinski definition) is 1. The standard InChI is InChI=1S/C23H17F2N5O2/c24-16-9-8-14(11-17(16)25)27-21(31)12-20-22(32)29(13-15-5-3-4-10-26-15)23-28-18-6-1-2-7-19(18)30(20)23/h1-11,20H,12-13H2,(H,27,31)/t20-/m0/s1. The summed E-state index contributed by atoms with van der Waals surface area (Å²) in [5.41, 5.74) is 2.23. The Balaban J connectivity index is 1.46. The molecular weight excluding hydrogens is 416 g/mol. The Labute approximate surface area is 181 Å². The summed E-state index contributed by atoms with van der Waals surface area (Å²) in [6.07, 6.45) is 1.45. The summed E-state index contributed by atoms with van der Waals surface area (Å²) in [5.74, 6) is -2.42. The first kappa shape index (κ1) is 19.8. The molecule has 0 spiro atoms. The monoisotopic (exact) mass is 433 g/mol. The molecule has 0 bridgehead atoms. The maximum Gasteiger partial charge on any atom is 0.253 e. The van der Waals surface area contributed by atoms with E-state index in [0.717, 1.165) is 17.6 Å².